The van der Waals surface area contributed by atoms with Crippen molar-refractivity contribution in [1.82, 2.24) is 10.6 Å². The topological polar surface area (TPSA) is 70.6 Å². The lowest BCUT2D eigenvalue weighted by molar-refractivity contribution is -0.137. The predicted molar refractivity (Wildman–Crippen MR) is 84.2 cm³/mol. The van der Waals surface area contributed by atoms with Crippen molar-refractivity contribution in [3.8, 4) is 5.75 Å². The number of aliphatic hydroxyl groups excluding tert-OH is 1. The lowest BCUT2D eigenvalue weighted by Crippen LogP contribution is -2.39. The van der Waals surface area contributed by atoms with Crippen molar-refractivity contribution in [1.29, 1.82) is 0 Å². The van der Waals surface area contributed by atoms with Gasteiger partial charge in [0.05, 0.1) is 11.5 Å². The van der Waals surface area contributed by atoms with Gasteiger partial charge in [0.1, 0.15) is 18.5 Å². The zero-order valence-corrected chi connectivity index (χ0v) is 13.6. The Morgan fingerprint density at radius 1 is 1.38 bits per heavy atom. The summed E-state index contributed by atoms with van der Waals surface area (Å²) in [4.78, 5) is 11.7. The summed E-state index contributed by atoms with van der Waals surface area (Å²) in [6, 6.07) is 4.21. The molecule has 1 saturated heterocycles. The van der Waals surface area contributed by atoms with Crippen LogP contribution in [0.2, 0.25) is 0 Å². The first-order chi connectivity index (χ1) is 10.9. The van der Waals surface area contributed by atoms with Gasteiger partial charge in [0.2, 0.25) is 5.91 Å². The van der Waals surface area contributed by atoms with Gasteiger partial charge in [0.15, 0.2) is 0 Å². The first-order valence-corrected chi connectivity index (χ1v) is 7.33. The highest BCUT2D eigenvalue weighted by Crippen LogP contribution is 2.30. The van der Waals surface area contributed by atoms with Crippen LogP contribution in [0.15, 0.2) is 24.3 Å². The zero-order valence-electron chi connectivity index (χ0n) is 12.8. The third-order valence-electron chi connectivity index (χ3n) is 3.57. The number of carbonyl (C=O) groups is 1. The second kappa shape index (κ2) is 9.10. The van der Waals surface area contributed by atoms with E-state index in [2.05, 4.69) is 10.6 Å². The van der Waals surface area contributed by atoms with E-state index >= 15 is 0 Å². The number of hydrogen-bond acceptors (Lipinski definition) is 4. The average Bonchev–Trinajstić information content (AvgIpc) is 3.04. The number of hydrogen-bond donors (Lipinski definition) is 3. The van der Waals surface area contributed by atoms with E-state index in [4.69, 9.17) is 4.74 Å². The summed E-state index contributed by atoms with van der Waals surface area (Å²) in [7, 11) is 0. The van der Waals surface area contributed by atoms with E-state index in [0.717, 1.165) is 25.1 Å². The largest absolute Gasteiger partial charge is 0.491 e. The highest BCUT2D eigenvalue weighted by molar-refractivity contribution is 5.85. The van der Waals surface area contributed by atoms with Gasteiger partial charge < -0.3 is 20.5 Å². The fraction of sp³-hybridized carbons (Fsp3) is 0.533. The van der Waals surface area contributed by atoms with Crippen LogP contribution in [0, 0.1) is 5.92 Å². The molecule has 1 aromatic carbocycles. The number of halogens is 4. The van der Waals surface area contributed by atoms with Gasteiger partial charge in [-0.2, -0.15) is 13.2 Å². The molecule has 1 fully saturated rings. The molecule has 2 atom stereocenters. The van der Waals surface area contributed by atoms with Gasteiger partial charge in [-0.1, -0.05) is 0 Å². The van der Waals surface area contributed by atoms with Crippen LogP contribution in [0.4, 0.5) is 13.2 Å². The van der Waals surface area contributed by atoms with Crippen molar-refractivity contribution in [3.63, 3.8) is 0 Å². The number of amides is 1. The summed E-state index contributed by atoms with van der Waals surface area (Å²) < 4.78 is 42.4. The summed E-state index contributed by atoms with van der Waals surface area (Å²) in [6.45, 7) is 1.35. The molecule has 24 heavy (non-hydrogen) atoms. The fourth-order valence-corrected chi connectivity index (χ4v) is 2.23. The standard InChI is InChI=1S/C15H19F3N2O3.ClH/c16-15(17,18)11-1-3-13(4-2-11)23-9-12(21)8-20-14(22)10-5-6-19-7-10;/h1-4,10,12,19,21H,5-9H2,(H,20,22);1H. The third-order valence-corrected chi connectivity index (χ3v) is 3.57. The molecule has 1 aromatic rings. The molecule has 0 aromatic heterocycles. The lowest BCUT2D eigenvalue weighted by Gasteiger charge is -2.15. The molecule has 2 unspecified atom stereocenters. The van der Waals surface area contributed by atoms with E-state index in [-0.39, 0.29) is 43.1 Å². The number of carbonyl (C=O) groups excluding carboxylic acids is 1. The predicted octanol–water partition coefficient (Wildman–Crippen LogP) is 1.59. The molecule has 3 N–H and O–H groups in total. The van der Waals surface area contributed by atoms with E-state index in [1.165, 1.54) is 12.1 Å². The number of ether oxygens (including phenoxy) is 1. The Morgan fingerprint density at radius 2 is 2.04 bits per heavy atom. The summed E-state index contributed by atoms with van der Waals surface area (Å²) in [5, 5.41) is 15.5. The first-order valence-electron chi connectivity index (χ1n) is 7.33. The van der Waals surface area contributed by atoms with E-state index in [0.29, 0.717) is 6.54 Å². The second-order valence-corrected chi connectivity index (χ2v) is 5.42. The average molecular weight is 369 g/mol. The van der Waals surface area contributed by atoms with Crippen LogP contribution < -0.4 is 15.4 Å². The molecule has 1 aliphatic heterocycles. The number of rotatable bonds is 6. The van der Waals surface area contributed by atoms with Crippen molar-refractivity contribution in [2.45, 2.75) is 18.7 Å². The minimum Gasteiger partial charge on any atom is -0.491 e. The molecule has 0 saturated carbocycles. The van der Waals surface area contributed by atoms with Crippen molar-refractivity contribution >= 4 is 18.3 Å². The van der Waals surface area contributed by atoms with E-state index in [1.807, 2.05) is 0 Å². The molecule has 1 amide bonds. The lowest BCUT2D eigenvalue weighted by atomic mass is 10.1. The Morgan fingerprint density at radius 3 is 2.58 bits per heavy atom. The minimum absolute atomic E-state index is 0. The molecule has 1 aliphatic rings. The first kappa shape index (κ1) is 20.5. The number of nitrogens with one attached hydrogen (secondary N) is 2. The maximum atomic E-state index is 12.4. The smallest absolute Gasteiger partial charge is 0.416 e. The molecule has 0 bridgehead atoms. The molecule has 0 radical (unpaired) electrons. The number of aliphatic hydroxyl groups is 1. The van der Waals surface area contributed by atoms with Gasteiger partial charge in [0, 0.05) is 13.1 Å². The minimum atomic E-state index is -4.39. The summed E-state index contributed by atoms with van der Waals surface area (Å²) in [6.07, 6.45) is -4.56. The molecular weight excluding hydrogens is 349 g/mol. The van der Waals surface area contributed by atoms with Gasteiger partial charge >= 0.3 is 6.18 Å². The Labute approximate surface area is 144 Å². The molecule has 9 heteroatoms. The molecular formula is C15H20ClF3N2O3. The van der Waals surface area contributed by atoms with Crippen LogP contribution in [0.5, 0.6) is 5.75 Å². The Bertz CT molecular complexity index is 520. The molecule has 5 nitrogen and oxygen atoms in total. The highest BCUT2D eigenvalue weighted by atomic mass is 35.5. The number of benzene rings is 1. The summed E-state index contributed by atoms with van der Waals surface area (Å²) in [5.41, 5.74) is -0.761. The molecule has 2 rings (SSSR count). The SMILES string of the molecule is Cl.O=C(NCC(O)COc1ccc(C(F)(F)F)cc1)C1CCNC1. The van der Waals surface area contributed by atoms with E-state index < -0.39 is 17.8 Å². The van der Waals surface area contributed by atoms with Crippen LogP contribution in [0.25, 0.3) is 0 Å². The van der Waals surface area contributed by atoms with Crippen molar-refractivity contribution < 1.29 is 27.8 Å². The van der Waals surface area contributed by atoms with Gasteiger partial charge in [-0.25, -0.2) is 0 Å². The molecule has 0 spiro atoms. The van der Waals surface area contributed by atoms with Gasteiger partial charge in [-0.3, -0.25) is 4.79 Å². The van der Waals surface area contributed by atoms with Gasteiger partial charge in [-0.15, -0.1) is 12.4 Å². The summed E-state index contributed by atoms with van der Waals surface area (Å²) >= 11 is 0. The number of alkyl halides is 3. The Hall–Kier alpha value is -1.51. The normalized spacial score (nSPS) is 18.6. The van der Waals surface area contributed by atoms with Crippen LogP contribution in [-0.4, -0.2) is 43.4 Å². The van der Waals surface area contributed by atoms with Crippen LogP contribution in [-0.2, 0) is 11.0 Å². The van der Waals surface area contributed by atoms with Crippen molar-refractivity contribution in [2.75, 3.05) is 26.2 Å². The van der Waals surface area contributed by atoms with Gasteiger partial charge in [0.25, 0.3) is 0 Å². The Balaban J connectivity index is 0.00000288. The quantitative estimate of drug-likeness (QED) is 0.713. The summed E-state index contributed by atoms with van der Waals surface area (Å²) in [5.74, 6) is 0.0185. The Kier molecular flexibility index (Phi) is 7.78. The maximum Gasteiger partial charge on any atom is 0.416 e. The second-order valence-electron chi connectivity index (χ2n) is 5.42. The highest BCUT2D eigenvalue weighted by Gasteiger charge is 2.30. The van der Waals surface area contributed by atoms with E-state index in [9.17, 15) is 23.1 Å². The van der Waals surface area contributed by atoms with Crippen LogP contribution in [0.3, 0.4) is 0 Å². The fourth-order valence-electron chi connectivity index (χ4n) is 2.23. The maximum absolute atomic E-state index is 12.4. The monoisotopic (exact) mass is 368 g/mol. The molecule has 0 aliphatic carbocycles. The van der Waals surface area contributed by atoms with E-state index in [1.54, 1.807) is 0 Å². The van der Waals surface area contributed by atoms with Crippen molar-refractivity contribution in [2.24, 2.45) is 5.92 Å². The third kappa shape index (κ3) is 6.18. The molecule has 1 heterocycles. The van der Waals surface area contributed by atoms with Crippen LogP contribution >= 0.6 is 12.4 Å². The van der Waals surface area contributed by atoms with Crippen molar-refractivity contribution in [3.05, 3.63) is 29.8 Å². The van der Waals surface area contributed by atoms with Gasteiger partial charge in [-0.05, 0) is 37.2 Å². The zero-order chi connectivity index (χ0) is 16.9. The van der Waals surface area contributed by atoms with Crippen LogP contribution in [0.1, 0.15) is 12.0 Å². The molecule has 136 valence electrons.